The van der Waals surface area contributed by atoms with E-state index in [-0.39, 0.29) is 0 Å². The first-order valence-corrected chi connectivity index (χ1v) is 8.57. The van der Waals surface area contributed by atoms with Crippen molar-refractivity contribution in [1.29, 1.82) is 0 Å². The fourth-order valence-electron chi connectivity index (χ4n) is 2.58. The minimum atomic E-state index is 0.606. The highest BCUT2D eigenvalue weighted by atomic mass is 14.9. The summed E-state index contributed by atoms with van der Waals surface area (Å²) < 4.78 is 0. The van der Waals surface area contributed by atoms with Gasteiger partial charge in [0.15, 0.2) is 0 Å². The molecule has 0 spiro atoms. The minimum absolute atomic E-state index is 0.606. The molecular formula is C20H39N. The largest absolute Gasteiger partial charge is 0.391 e. The van der Waals surface area contributed by atoms with Gasteiger partial charge < -0.3 is 5.32 Å². The quantitative estimate of drug-likeness (QED) is 0.552. The maximum absolute atomic E-state index is 3.68. The summed E-state index contributed by atoms with van der Waals surface area (Å²) in [5.41, 5.74) is 1.71. The monoisotopic (exact) mass is 293 g/mol. The van der Waals surface area contributed by atoms with Crippen molar-refractivity contribution in [2.45, 2.75) is 73.6 Å². The molecule has 0 aromatic heterocycles. The average Bonchev–Trinajstić information content (AvgIpc) is 2.40. The van der Waals surface area contributed by atoms with Gasteiger partial charge in [-0.2, -0.15) is 0 Å². The van der Waals surface area contributed by atoms with Crippen LogP contribution in [0.5, 0.6) is 0 Å². The van der Waals surface area contributed by atoms with E-state index in [9.17, 15) is 0 Å². The molecule has 1 nitrogen and oxygen atoms in total. The molecule has 0 aromatic carbocycles. The van der Waals surface area contributed by atoms with Crippen LogP contribution in [-0.2, 0) is 0 Å². The molecule has 21 heavy (non-hydrogen) atoms. The Morgan fingerprint density at radius 3 is 2.00 bits per heavy atom. The fraction of sp³-hybridized carbons (Fsp3) is 0.700. The van der Waals surface area contributed by atoms with Crippen molar-refractivity contribution in [2.24, 2.45) is 11.3 Å². The van der Waals surface area contributed by atoms with Gasteiger partial charge in [-0.15, -0.1) is 0 Å². The summed E-state index contributed by atoms with van der Waals surface area (Å²) in [6.45, 7) is 21.3. The molecule has 0 atom stereocenters. The zero-order chi connectivity index (χ0) is 16.7. The van der Waals surface area contributed by atoms with Crippen LogP contribution in [0.3, 0.4) is 0 Å². The highest BCUT2D eigenvalue weighted by Gasteiger charge is 2.40. The normalized spacial score (nSPS) is 23.0. The molecule has 0 heterocycles. The van der Waals surface area contributed by atoms with Crippen LogP contribution in [0.25, 0.3) is 0 Å². The zero-order valence-corrected chi connectivity index (χ0v) is 15.5. The summed E-state index contributed by atoms with van der Waals surface area (Å²) >= 11 is 0. The Morgan fingerprint density at radius 1 is 1.24 bits per heavy atom. The molecule has 0 unspecified atom stereocenters. The lowest BCUT2D eigenvalue weighted by atomic mass is 9.60. The second kappa shape index (κ2) is 14.0. The third-order valence-electron chi connectivity index (χ3n) is 3.84. The van der Waals surface area contributed by atoms with Crippen LogP contribution in [0, 0.1) is 11.3 Å². The predicted molar refractivity (Wildman–Crippen MR) is 99.5 cm³/mol. The highest BCUT2D eigenvalue weighted by molar-refractivity contribution is 5.09. The van der Waals surface area contributed by atoms with Crippen LogP contribution in [0.1, 0.15) is 73.6 Å². The summed E-state index contributed by atoms with van der Waals surface area (Å²) in [6, 6.07) is 0. The molecule has 0 bridgehead atoms. The van der Waals surface area contributed by atoms with Crippen molar-refractivity contribution in [2.75, 3.05) is 6.54 Å². The first-order chi connectivity index (χ1) is 9.94. The Bertz CT molecular complexity index is 282. The van der Waals surface area contributed by atoms with E-state index in [0.717, 1.165) is 18.0 Å². The Kier molecular flexibility index (Phi) is 14.8. The van der Waals surface area contributed by atoms with E-state index in [1.807, 2.05) is 32.2 Å². The van der Waals surface area contributed by atoms with Crippen molar-refractivity contribution < 1.29 is 0 Å². The lowest BCUT2D eigenvalue weighted by Gasteiger charge is -2.47. The summed E-state index contributed by atoms with van der Waals surface area (Å²) in [5.74, 6) is 0.997. The van der Waals surface area contributed by atoms with Gasteiger partial charge in [0.25, 0.3) is 0 Å². The second-order valence-electron chi connectivity index (χ2n) is 6.17. The number of hydrogen-bond acceptors (Lipinski definition) is 1. The van der Waals surface area contributed by atoms with E-state index in [1.54, 1.807) is 0 Å². The molecule has 1 aliphatic rings. The topological polar surface area (TPSA) is 12.0 Å². The van der Waals surface area contributed by atoms with Gasteiger partial charge in [-0.05, 0) is 50.6 Å². The smallest absolute Gasteiger partial charge is 0.0197 e. The minimum Gasteiger partial charge on any atom is -0.391 e. The van der Waals surface area contributed by atoms with Crippen LogP contribution >= 0.6 is 0 Å². The van der Waals surface area contributed by atoms with E-state index in [4.69, 9.17) is 0 Å². The van der Waals surface area contributed by atoms with Crippen LogP contribution < -0.4 is 5.32 Å². The summed E-state index contributed by atoms with van der Waals surface area (Å²) in [6.07, 6.45) is 12.5. The van der Waals surface area contributed by atoms with Gasteiger partial charge in [-0.25, -0.2) is 0 Å². The van der Waals surface area contributed by atoms with Crippen LogP contribution in [0.15, 0.2) is 37.1 Å². The van der Waals surface area contributed by atoms with Crippen LogP contribution in [0.4, 0.5) is 0 Å². The summed E-state index contributed by atoms with van der Waals surface area (Å²) in [5, 5.41) is 3.25. The Morgan fingerprint density at radius 2 is 1.76 bits per heavy atom. The van der Waals surface area contributed by atoms with E-state index >= 15 is 0 Å². The van der Waals surface area contributed by atoms with Crippen molar-refractivity contribution in [3.63, 3.8) is 0 Å². The summed E-state index contributed by atoms with van der Waals surface area (Å²) in [4.78, 5) is 0. The third kappa shape index (κ3) is 11.4. The molecular weight excluding hydrogens is 254 g/mol. The van der Waals surface area contributed by atoms with Crippen molar-refractivity contribution in [3.05, 3.63) is 37.1 Å². The summed E-state index contributed by atoms with van der Waals surface area (Å²) in [7, 11) is 0. The fourth-order valence-corrected chi connectivity index (χ4v) is 2.58. The van der Waals surface area contributed by atoms with Crippen molar-refractivity contribution in [3.8, 4) is 0 Å². The molecule has 1 saturated carbocycles. The zero-order valence-electron chi connectivity index (χ0n) is 15.5. The Labute approximate surface area is 134 Å². The standard InChI is InChI=1S/C11H21N.C6H10.C3H8/c1-4-10-7-11(5-2,8-10)9-12-6-3;1-4-5-6(2)3;1-3-2/h6,10,12H,3-5,7-9H2,1-2H3;4-5H,2H2,1,3H3;3H2,1-2H3/b;5-4-;. The van der Waals surface area contributed by atoms with Gasteiger partial charge in [0, 0.05) is 6.54 Å². The number of rotatable bonds is 6. The number of nitrogens with one attached hydrogen (secondary N) is 1. The molecule has 124 valence electrons. The molecule has 1 N–H and O–H groups in total. The van der Waals surface area contributed by atoms with Gasteiger partial charge in [0.1, 0.15) is 0 Å². The first kappa shape index (κ1) is 22.3. The van der Waals surface area contributed by atoms with Crippen LogP contribution in [0.2, 0.25) is 0 Å². The highest BCUT2D eigenvalue weighted by Crippen LogP contribution is 2.48. The van der Waals surface area contributed by atoms with E-state index in [0.29, 0.717) is 5.41 Å². The van der Waals surface area contributed by atoms with Crippen molar-refractivity contribution >= 4 is 0 Å². The molecule has 1 fully saturated rings. The molecule has 1 aliphatic carbocycles. The van der Waals surface area contributed by atoms with Gasteiger partial charge in [-0.1, -0.05) is 71.4 Å². The molecule has 1 heteroatoms. The Balaban J connectivity index is 0. The first-order valence-electron chi connectivity index (χ1n) is 8.57. The molecule has 0 saturated heterocycles. The molecule has 1 rings (SSSR count). The maximum Gasteiger partial charge on any atom is 0.0197 e. The van der Waals surface area contributed by atoms with Gasteiger partial charge in [0.05, 0.1) is 0 Å². The third-order valence-corrected chi connectivity index (χ3v) is 3.84. The lowest BCUT2D eigenvalue weighted by Crippen LogP contribution is -2.43. The molecule has 0 radical (unpaired) electrons. The average molecular weight is 294 g/mol. The second-order valence-corrected chi connectivity index (χ2v) is 6.17. The predicted octanol–water partition coefficient (Wildman–Crippen LogP) is 6.49. The van der Waals surface area contributed by atoms with Crippen LogP contribution in [-0.4, -0.2) is 6.54 Å². The molecule has 0 aromatic rings. The number of hydrogen-bond donors (Lipinski definition) is 1. The SMILES string of the molecule is C=C(C)/C=C\C.C=CNCC1(CC)CC(CC)C1.CCC. The van der Waals surface area contributed by atoms with Gasteiger partial charge in [-0.3, -0.25) is 0 Å². The lowest BCUT2D eigenvalue weighted by molar-refractivity contribution is 0.0510. The van der Waals surface area contributed by atoms with E-state index in [1.165, 1.54) is 32.1 Å². The van der Waals surface area contributed by atoms with Gasteiger partial charge in [0.2, 0.25) is 0 Å². The van der Waals surface area contributed by atoms with E-state index in [2.05, 4.69) is 46.2 Å². The Hall–Kier alpha value is -0.980. The number of allylic oxidation sites excluding steroid dienone is 3. The molecule has 0 amide bonds. The van der Waals surface area contributed by atoms with Gasteiger partial charge >= 0.3 is 0 Å². The maximum atomic E-state index is 3.68. The van der Waals surface area contributed by atoms with Crippen molar-refractivity contribution in [1.82, 2.24) is 5.32 Å². The van der Waals surface area contributed by atoms with E-state index < -0.39 is 0 Å². The molecule has 0 aliphatic heterocycles.